The van der Waals surface area contributed by atoms with Crippen LogP contribution < -0.4 is 10.6 Å². The second-order valence-corrected chi connectivity index (χ2v) is 5.04. The summed E-state index contributed by atoms with van der Waals surface area (Å²) >= 11 is 5.27. The van der Waals surface area contributed by atoms with Crippen molar-refractivity contribution in [3.8, 4) is 0 Å². The first-order valence-electron chi connectivity index (χ1n) is 6.04. The molecule has 0 unspecified atom stereocenters. The maximum absolute atomic E-state index is 5.27. The smallest absolute Gasteiger partial charge is 0.170 e. The Morgan fingerprint density at radius 3 is 2.94 bits per heavy atom. The zero-order valence-corrected chi connectivity index (χ0v) is 11.4. The van der Waals surface area contributed by atoms with Gasteiger partial charge in [0, 0.05) is 30.0 Å². The topological polar surface area (TPSA) is 37.0 Å². The fourth-order valence-electron chi connectivity index (χ4n) is 1.69. The first kappa shape index (κ1) is 12.8. The lowest BCUT2D eigenvalue weighted by atomic mass is 10.1. The maximum atomic E-state index is 5.27. The highest BCUT2D eigenvalue weighted by molar-refractivity contribution is 7.80. The molecule has 18 heavy (non-hydrogen) atoms. The van der Waals surface area contributed by atoms with E-state index in [2.05, 4.69) is 35.5 Å². The average molecular weight is 259 g/mol. The van der Waals surface area contributed by atoms with Crippen molar-refractivity contribution < 1.29 is 0 Å². The van der Waals surface area contributed by atoms with Crippen molar-refractivity contribution in [2.75, 3.05) is 11.9 Å². The van der Waals surface area contributed by atoms with Crippen molar-refractivity contribution in [1.29, 1.82) is 0 Å². The molecule has 0 bridgehead atoms. The standard InChI is InChI=1S/C14H17N3S/c1-10(2)8-16-14(18)17-13-5-3-4-11-6-7-15-9-12(11)13/h3-7,9-10H,8H2,1-2H3,(H2,16,17,18). The predicted octanol–water partition coefficient (Wildman–Crippen LogP) is 3.18. The van der Waals surface area contributed by atoms with E-state index in [1.165, 1.54) is 0 Å². The first-order valence-corrected chi connectivity index (χ1v) is 6.45. The molecule has 0 saturated carbocycles. The molecule has 2 N–H and O–H groups in total. The van der Waals surface area contributed by atoms with Gasteiger partial charge in [0.05, 0.1) is 0 Å². The molecular formula is C14H17N3S. The van der Waals surface area contributed by atoms with Crippen LogP contribution in [0.3, 0.4) is 0 Å². The normalized spacial score (nSPS) is 10.6. The summed E-state index contributed by atoms with van der Waals surface area (Å²) in [6.07, 6.45) is 3.64. The number of hydrogen-bond donors (Lipinski definition) is 2. The van der Waals surface area contributed by atoms with E-state index < -0.39 is 0 Å². The summed E-state index contributed by atoms with van der Waals surface area (Å²) in [7, 11) is 0. The lowest BCUT2D eigenvalue weighted by Crippen LogP contribution is -2.31. The van der Waals surface area contributed by atoms with Gasteiger partial charge in [-0.05, 0) is 35.7 Å². The summed E-state index contributed by atoms with van der Waals surface area (Å²) in [6.45, 7) is 5.17. The largest absolute Gasteiger partial charge is 0.362 e. The molecule has 0 saturated heterocycles. The van der Waals surface area contributed by atoms with Gasteiger partial charge in [-0.2, -0.15) is 0 Å². The third-order valence-electron chi connectivity index (χ3n) is 2.60. The molecule has 0 spiro atoms. The van der Waals surface area contributed by atoms with Crippen molar-refractivity contribution in [3.05, 3.63) is 36.7 Å². The highest BCUT2D eigenvalue weighted by Crippen LogP contribution is 2.21. The Hall–Kier alpha value is -1.68. The molecule has 2 rings (SSSR count). The second-order valence-electron chi connectivity index (χ2n) is 4.63. The number of nitrogens with one attached hydrogen (secondary N) is 2. The van der Waals surface area contributed by atoms with Crippen LogP contribution in [0.4, 0.5) is 5.69 Å². The number of rotatable bonds is 3. The van der Waals surface area contributed by atoms with Crippen LogP contribution in [0.15, 0.2) is 36.7 Å². The van der Waals surface area contributed by atoms with Crippen LogP contribution in [-0.4, -0.2) is 16.6 Å². The van der Waals surface area contributed by atoms with E-state index in [1.807, 2.05) is 24.4 Å². The number of benzene rings is 1. The van der Waals surface area contributed by atoms with Crippen LogP contribution >= 0.6 is 12.2 Å². The summed E-state index contributed by atoms with van der Waals surface area (Å²) in [5.74, 6) is 0.568. The molecule has 4 heteroatoms. The van der Waals surface area contributed by atoms with Crippen LogP contribution in [0.2, 0.25) is 0 Å². The van der Waals surface area contributed by atoms with Crippen molar-refractivity contribution >= 4 is 33.8 Å². The Labute approximate surface area is 113 Å². The molecule has 1 aromatic heterocycles. The van der Waals surface area contributed by atoms with Crippen molar-refractivity contribution in [2.45, 2.75) is 13.8 Å². The third-order valence-corrected chi connectivity index (χ3v) is 2.85. The number of hydrogen-bond acceptors (Lipinski definition) is 2. The Bertz CT molecular complexity index is 546. The van der Waals surface area contributed by atoms with E-state index in [0.717, 1.165) is 23.0 Å². The minimum atomic E-state index is 0.568. The van der Waals surface area contributed by atoms with Gasteiger partial charge in [0.25, 0.3) is 0 Å². The molecule has 0 radical (unpaired) electrons. The zero-order valence-electron chi connectivity index (χ0n) is 10.6. The minimum Gasteiger partial charge on any atom is -0.362 e. The van der Waals surface area contributed by atoms with Gasteiger partial charge in [-0.1, -0.05) is 26.0 Å². The highest BCUT2D eigenvalue weighted by Gasteiger charge is 2.03. The molecule has 0 aliphatic carbocycles. The lowest BCUT2D eigenvalue weighted by Gasteiger charge is -2.13. The van der Waals surface area contributed by atoms with Gasteiger partial charge in [0.2, 0.25) is 0 Å². The molecule has 0 amide bonds. The Balaban J connectivity index is 2.14. The molecule has 1 aromatic carbocycles. The zero-order chi connectivity index (χ0) is 13.0. The Morgan fingerprint density at radius 2 is 2.17 bits per heavy atom. The van der Waals surface area contributed by atoms with Gasteiger partial charge in [-0.15, -0.1) is 0 Å². The van der Waals surface area contributed by atoms with E-state index in [1.54, 1.807) is 6.20 Å². The third kappa shape index (κ3) is 3.17. The van der Waals surface area contributed by atoms with Gasteiger partial charge in [0.1, 0.15) is 0 Å². The van der Waals surface area contributed by atoms with Gasteiger partial charge < -0.3 is 10.6 Å². The van der Waals surface area contributed by atoms with E-state index in [-0.39, 0.29) is 0 Å². The monoisotopic (exact) mass is 259 g/mol. The summed E-state index contributed by atoms with van der Waals surface area (Å²) in [5.41, 5.74) is 0.988. The molecule has 2 aromatic rings. The molecule has 0 atom stereocenters. The van der Waals surface area contributed by atoms with E-state index >= 15 is 0 Å². The van der Waals surface area contributed by atoms with Crippen LogP contribution in [-0.2, 0) is 0 Å². The summed E-state index contributed by atoms with van der Waals surface area (Å²) in [5, 5.41) is 9.30. The van der Waals surface area contributed by atoms with E-state index in [0.29, 0.717) is 11.0 Å². The molecular weight excluding hydrogens is 242 g/mol. The van der Waals surface area contributed by atoms with Gasteiger partial charge in [-0.25, -0.2) is 0 Å². The quantitative estimate of drug-likeness (QED) is 0.830. The van der Waals surface area contributed by atoms with Crippen LogP contribution in [0.25, 0.3) is 10.8 Å². The van der Waals surface area contributed by atoms with Gasteiger partial charge in [-0.3, -0.25) is 4.98 Å². The molecule has 1 heterocycles. The fourth-order valence-corrected chi connectivity index (χ4v) is 1.88. The Morgan fingerprint density at radius 1 is 1.33 bits per heavy atom. The van der Waals surface area contributed by atoms with Gasteiger partial charge in [0.15, 0.2) is 5.11 Å². The van der Waals surface area contributed by atoms with E-state index in [4.69, 9.17) is 12.2 Å². The van der Waals surface area contributed by atoms with Gasteiger partial charge >= 0.3 is 0 Å². The van der Waals surface area contributed by atoms with Crippen LogP contribution in [0, 0.1) is 5.92 Å². The number of anilines is 1. The number of fused-ring (bicyclic) bond motifs is 1. The SMILES string of the molecule is CC(C)CNC(=S)Nc1cccc2ccncc12. The number of nitrogens with zero attached hydrogens (tertiary/aromatic N) is 1. The summed E-state index contributed by atoms with van der Waals surface area (Å²) in [6, 6.07) is 8.07. The number of thiocarbonyl (C=S) groups is 1. The van der Waals surface area contributed by atoms with Crippen LogP contribution in [0.5, 0.6) is 0 Å². The molecule has 3 nitrogen and oxygen atoms in total. The number of aromatic nitrogens is 1. The second kappa shape index (κ2) is 5.78. The summed E-state index contributed by atoms with van der Waals surface area (Å²) < 4.78 is 0. The molecule has 0 fully saturated rings. The number of pyridine rings is 1. The molecule has 94 valence electrons. The molecule has 0 aliphatic rings. The van der Waals surface area contributed by atoms with Crippen molar-refractivity contribution in [2.24, 2.45) is 5.92 Å². The predicted molar refractivity (Wildman–Crippen MR) is 80.8 cm³/mol. The summed E-state index contributed by atoms with van der Waals surface area (Å²) in [4.78, 5) is 4.15. The minimum absolute atomic E-state index is 0.568. The average Bonchev–Trinajstić information content (AvgIpc) is 2.37. The van der Waals surface area contributed by atoms with Crippen LogP contribution in [0.1, 0.15) is 13.8 Å². The van der Waals surface area contributed by atoms with Crippen molar-refractivity contribution in [3.63, 3.8) is 0 Å². The lowest BCUT2D eigenvalue weighted by molar-refractivity contribution is 0.627. The van der Waals surface area contributed by atoms with E-state index in [9.17, 15) is 0 Å². The maximum Gasteiger partial charge on any atom is 0.170 e. The first-order chi connectivity index (χ1) is 8.66. The van der Waals surface area contributed by atoms with Crippen molar-refractivity contribution in [1.82, 2.24) is 10.3 Å². The fraction of sp³-hybridized carbons (Fsp3) is 0.286. The molecule has 0 aliphatic heterocycles. The highest BCUT2D eigenvalue weighted by atomic mass is 32.1. The Kier molecular flexibility index (Phi) is 4.10.